The van der Waals surface area contributed by atoms with Crippen LogP contribution in [0.1, 0.15) is 63.7 Å². The highest BCUT2D eigenvalue weighted by Crippen LogP contribution is 2.57. The molecule has 0 unspecified atom stereocenters. The van der Waals surface area contributed by atoms with Crippen LogP contribution < -0.4 is 0 Å². The molecule has 0 saturated carbocycles. The molecule has 0 aliphatic carbocycles. The summed E-state index contributed by atoms with van der Waals surface area (Å²) >= 11 is 0. The number of hydrogen-bond acceptors (Lipinski definition) is 10. The van der Waals surface area contributed by atoms with Crippen LogP contribution in [-0.4, -0.2) is 62.9 Å². The summed E-state index contributed by atoms with van der Waals surface area (Å²) in [4.78, 5) is 49.7. The lowest BCUT2D eigenvalue weighted by Crippen LogP contribution is -2.55. The minimum Gasteiger partial charge on any atom is -0.266 e. The van der Waals surface area contributed by atoms with Gasteiger partial charge in [0.2, 0.25) is 5.41 Å². The topological polar surface area (TPSA) is 161 Å². The zero-order chi connectivity index (χ0) is 44.1. The third kappa shape index (κ3) is 7.07. The number of amides is 4. The van der Waals surface area contributed by atoms with Crippen molar-refractivity contribution in [3.63, 3.8) is 0 Å². The van der Waals surface area contributed by atoms with Crippen LogP contribution in [0.4, 0.5) is 52.7 Å². The van der Waals surface area contributed by atoms with E-state index in [1.807, 2.05) is 0 Å². The van der Waals surface area contributed by atoms with Gasteiger partial charge >= 0.3 is 44.9 Å². The molecule has 26 heteroatoms. The minimum absolute atomic E-state index is 0.0299. The average Bonchev–Trinajstić information content (AvgIpc) is 3.49. The molecule has 0 N–H and O–H groups in total. The molecule has 6 rings (SSSR count). The molecule has 0 radical (unpaired) electrons. The maximum absolute atomic E-state index is 15.1. The van der Waals surface area contributed by atoms with Crippen LogP contribution >= 0.6 is 0 Å². The zero-order valence-corrected chi connectivity index (χ0v) is 29.5. The second-order valence-corrected chi connectivity index (χ2v) is 15.2. The molecule has 2 aliphatic heterocycles. The van der Waals surface area contributed by atoms with Gasteiger partial charge in [-0.05, 0) is 71.8 Å². The number of rotatable bonds is 8. The second-order valence-electron chi connectivity index (χ2n) is 12.2. The molecule has 0 fully saturated rings. The van der Waals surface area contributed by atoms with Crippen LogP contribution in [0.25, 0.3) is 0 Å². The van der Waals surface area contributed by atoms with E-state index in [1.165, 1.54) is 0 Å². The summed E-state index contributed by atoms with van der Waals surface area (Å²) in [7, 11) is -11.1. The molecular formula is C33H14F12N2O10S2. The van der Waals surface area contributed by atoms with Crippen molar-refractivity contribution < 1.29 is 97.3 Å². The highest BCUT2D eigenvalue weighted by Gasteiger charge is 2.73. The number of hydroxylamine groups is 4. The molecule has 4 aromatic rings. The van der Waals surface area contributed by atoms with Crippen LogP contribution in [0.15, 0.2) is 94.7 Å². The number of halogens is 12. The van der Waals surface area contributed by atoms with Crippen molar-refractivity contribution in [1.82, 2.24) is 10.1 Å². The number of carbonyl (C=O) groups is 4. The first-order valence-electron chi connectivity index (χ1n) is 15.4. The third-order valence-electron chi connectivity index (χ3n) is 8.66. The summed E-state index contributed by atoms with van der Waals surface area (Å²) in [6.07, 6.45) is -23.2. The molecule has 0 saturated heterocycles. The summed E-state index contributed by atoms with van der Waals surface area (Å²) in [5, 5.41) is -1.29. The van der Waals surface area contributed by atoms with Crippen LogP contribution in [0.3, 0.4) is 0 Å². The molecule has 0 aromatic heterocycles. The van der Waals surface area contributed by atoms with E-state index in [-0.39, 0.29) is 48.5 Å². The van der Waals surface area contributed by atoms with Gasteiger partial charge in [0.25, 0.3) is 23.6 Å². The van der Waals surface area contributed by atoms with Gasteiger partial charge in [0.1, 0.15) is 0 Å². The molecule has 0 atom stereocenters. The highest BCUT2D eigenvalue weighted by molar-refractivity contribution is 7.87. The maximum Gasteiger partial charge on any atom is 0.416 e. The largest absolute Gasteiger partial charge is 0.416 e. The highest BCUT2D eigenvalue weighted by atomic mass is 32.2. The molecule has 0 spiro atoms. The summed E-state index contributed by atoms with van der Waals surface area (Å²) in [5.41, 5.74) is -17.0. The van der Waals surface area contributed by atoms with Crippen molar-refractivity contribution in [2.75, 3.05) is 0 Å². The lowest BCUT2D eigenvalue weighted by Gasteiger charge is -2.38. The van der Waals surface area contributed by atoms with Crippen molar-refractivity contribution in [2.45, 2.75) is 39.9 Å². The molecule has 59 heavy (non-hydrogen) atoms. The third-order valence-corrected chi connectivity index (χ3v) is 11.0. The van der Waals surface area contributed by atoms with Crippen LogP contribution in [0.2, 0.25) is 0 Å². The summed E-state index contributed by atoms with van der Waals surface area (Å²) in [6, 6.07) is 3.46. The van der Waals surface area contributed by atoms with Crippen LogP contribution in [-0.2, 0) is 46.6 Å². The Kier molecular flexibility index (Phi) is 9.85. The zero-order valence-electron chi connectivity index (χ0n) is 27.9. The van der Waals surface area contributed by atoms with Crippen molar-refractivity contribution in [3.05, 3.63) is 129 Å². The number of alkyl halides is 12. The van der Waals surface area contributed by atoms with Gasteiger partial charge in [-0.15, -0.1) is 18.7 Å². The number of benzene rings is 4. The van der Waals surface area contributed by atoms with Gasteiger partial charge < -0.3 is 0 Å². The number of imide groups is 2. The SMILES string of the molecule is O=C1c2ccc(C(c3ccc4c(c3)C(=O)N(OS(=O)(=O)c3cccc(C(F)(F)F)c3)C4=O)(C(F)(F)F)C(F)(F)F)cc2C(=O)N1OS(=O)(=O)c1cccc(C(F)(F)F)c1. The van der Waals surface area contributed by atoms with Gasteiger partial charge in [0, 0.05) is 0 Å². The fourth-order valence-corrected chi connectivity index (χ4v) is 7.83. The summed E-state index contributed by atoms with van der Waals surface area (Å²) < 4.78 is 229. The standard InChI is InChI=1S/C33H14F12N2O10S2/c34-30(35,36)17-3-1-5-19(11-17)58(52,53)56-46-25(48)21-9-7-15(13-23(21)27(46)50)29(32(40,41)42,33(43,44)45)16-8-10-22-24(14-16)28(51)47(26(22)49)57-59(54,55)20-6-2-4-18(12-20)31(37,38)39/h1-14H. The van der Waals surface area contributed by atoms with E-state index in [2.05, 4.69) is 8.57 Å². The van der Waals surface area contributed by atoms with E-state index >= 15 is 26.3 Å². The Balaban J connectivity index is 1.39. The lowest BCUT2D eigenvalue weighted by atomic mass is 9.71. The van der Waals surface area contributed by atoms with Gasteiger partial charge in [-0.3, -0.25) is 19.2 Å². The Morgan fingerprint density at radius 2 is 0.729 bits per heavy atom. The Morgan fingerprint density at radius 1 is 0.407 bits per heavy atom. The number of carbonyl (C=O) groups excluding carboxylic acids is 4. The van der Waals surface area contributed by atoms with Gasteiger partial charge in [0.15, 0.2) is 0 Å². The fourth-order valence-electron chi connectivity index (χ4n) is 5.96. The molecule has 0 bridgehead atoms. The normalized spacial score (nSPS) is 15.6. The monoisotopic (exact) mass is 890 g/mol. The van der Waals surface area contributed by atoms with E-state index < -0.39 is 138 Å². The van der Waals surface area contributed by atoms with Crippen molar-refractivity contribution in [2.24, 2.45) is 0 Å². The number of fused-ring (bicyclic) bond motifs is 2. The summed E-state index contributed by atoms with van der Waals surface area (Å²) in [5.74, 6) is -7.58. The maximum atomic E-state index is 15.1. The van der Waals surface area contributed by atoms with Gasteiger partial charge in [-0.2, -0.15) is 69.5 Å². The minimum atomic E-state index is -6.52. The van der Waals surface area contributed by atoms with Crippen LogP contribution in [0, 0.1) is 0 Å². The fraction of sp³-hybridized carbons (Fsp3) is 0.152. The summed E-state index contributed by atoms with van der Waals surface area (Å²) in [6.45, 7) is 0. The Labute approximate surface area is 320 Å². The van der Waals surface area contributed by atoms with Crippen LogP contribution in [0.5, 0.6) is 0 Å². The average molecular weight is 891 g/mol. The predicted molar refractivity (Wildman–Crippen MR) is 166 cm³/mol. The van der Waals surface area contributed by atoms with Gasteiger partial charge in [-0.1, -0.05) is 24.3 Å². The van der Waals surface area contributed by atoms with Crippen molar-refractivity contribution in [1.29, 1.82) is 0 Å². The number of nitrogens with zero attached hydrogens (tertiary/aromatic N) is 2. The van der Waals surface area contributed by atoms with Gasteiger partial charge in [-0.25, -0.2) is 0 Å². The van der Waals surface area contributed by atoms with E-state index in [4.69, 9.17) is 0 Å². The molecular weight excluding hydrogens is 876 g/mol. The van der Waals surface area contributed by atoms with E-state index in [1.54, 1.807) is 0 Å². The van der Waals surface area contributed by atoms with E-state index in [9.17, 15) is 62.4 Å². The quantitative estimate of drug-likeness (QED) is 0.134. The first-order chi connectivity index (χ1) is 26.9. The Hall–Kier alpha value is -5.86. The molecule has 312 valence electrons. The smallest absolute Gasteiger partial charge is 0.266 e. The first kappa shape index (κ1) is 42.7. The van der Waals surface area contributed by atoms with E-state index in [0.29, 0.717) is 36.4 Å². The number of hydrogen-bond donors (Lipinski definition) is 0. The molecule has 2 aliphatic rings. The van der Waals surface area contributed by atoms with Crippen molar-refractivity contribution in [3.8, 4) is 0 Å². The molecule has 2 heterocycles. The van der Waals surface area contributed by atoms with E-state index in [0.717, 1.165) is 0 Å². The van der Waals surface area contributed by atoms with Crippen molar-refractivity contribution >= 4 is 43.9 Å². The Bertz CT molecular complexity index is 2530. The lowest BCUT2D eigenvalue weighted by molar-refractivity contribution is -0.288. The molecule has 4 aromatic carbocycles. The van der Waals surface area contributed by atoms with Gasteiger partial charge in [0.05, 0.1) is 43.2 Å². The molecule has 4 amide bonds. The predicted octanol–water partition coefficient (Wildman–Crippen LogP) is 6.97. The second kappa shape index (κ2) is 13.6. The Morgan fingerprint density at radius 3 is 1.03 bits per heavy atom. The first-order valence-corrected chi connectivity index (χ1v) is 18.2. The molecule has 12 nitrogen and oxygen atoms in total.